The summed E-state index contributed by atoms with van der Waals surface area (Å²) in [7, 11) is -0.0430. The first-order chi connectivity index (χ1) is 8.45. The monoisotopic (exact) mass is 276 g/mol. The zero-order valence-electron chi connectivity index (χ0n) is 9.71. The van der Waals surface area contributed by atoms with Crippen molar-refractivity contribution in [3.05, 3.63) is 71.8 Å². The second kappa shape index (κ2) is 7.64. The lowest BCUT2D eigenvalue weighted by Gasteiger charge is -2.02. The Morgan fingerprint density at radius 3 is 1.47 bits per heavy atom. The molecule has 0 amide bonds. The maximum absolute atomic E-state index is 2.21. The van der Waals surface area contributed by atoms with Crippen LogP contribution in [0.5, 0.6) is 0 Å². The Bertz CT molecular complexity index is 375. The largest absolute Gasteiger partial charge is 0.175 e. The smallest absolute Gasteiger partial charge is 0.147 e. The van der Waals surface area contributed by atoms with Gasteiger partial charge in [0.2, 0.25) is 0 Å². The number of rotatable bonds is 6. The number of benzene rings is 2. The Morgan fingerprint density at radius 1 is 0.647 bits per heavy atom. The van der Waals surface area contributed by atoms with Crippen LogP contribution < -0.4 is 0 Å². The summed E-state index contributed by atoms with van der Waals surface area (Å²) in [6.45, 7) is 0. The molecule has 0 unspecified atom stereocenters. The van der Waals surface area contributed by atoms with Gasteiger partial charge in [0.15, 0.2) is 0 Å². The first-order valence-corrected chi connectivity index (χ1v) is 11.5. The molecule has 0 heterocycles. The van der Waals surface area contributed by atoms with Crippen molar-refractivity contribution in [2.24, 2.45) is 0 Å². The van der Waals surface area contributed by atoms with E-state index in [9.17, 15) is 0 Å². The normalized spacial score (nSPS) is 10.4. The molecule has 0 aliphatic carbocycles. The Morgan fingerprint density at radius 2 is 1.06 bits per heavy atom. The van der Waals surface area contributed by atoms with Gasteiger partial charge in [0.1, 0.15) is 7.82 Å². The van der Waals surface area contributed by atoms with Crippen molar-refractivity contribution >= 4 is 30.2 Å². The first kappa shape index (κ1) is 12.8. The first-order valence-electron chi connectivity index (χ1n) is 5.68. The third-order valence-corrected chi connectivity index (χ3v) is 9.02. The van der Waals surface area contributed by atoms with E-state index in [1.54, 1.807) is 0 Å². The lowest BCUT2D eigenvalue weighted by atomic mass is 10.2. The maximum atomic E-state index is 2.21. The average molecular weight is 277 g/mol. The minimum Gasteiger partial charge on any atom is -0.175 e. The molecule has 0 atom stereocenters. The third kappa shape index (κ3) is 5.02. The average Bonchev–Trinajstić information content (AvgIpc) is 2.41. The van der Waals surface area contributed by atoms with Crippen LogP contribution in [-0.2, 0) is 11.5 Å². The van der Waals surface area contributed by atoms with Crippen molar-refractivity contribution < 1.29 is 0 Å². The standard InChI is InChI=1S/C14H16S2Si/c1-3-7-13(8-4-1)11-15-17-16-12-14-9-5-2-6-10-14/h1-10H,11-12,17H2. The fraction of sp³-hybridized carbons (Fsp3) is 0.143. The molecule has 0 saturated heterocycles. The molecular weight excluding hydrogens is 260 g/mol. The molecule has 0 aliphatic rings. The summed E-state index contributed by atoms with van der Waals surface area (Å²) >= 11 is 4.25. The summed E-state index contributed by atoms with van der Waals surface area (Å²) in [4.78, 5) is 0. The lowest BCUT2D eigenvalue weighted by molar-refractivity contribution is 1.42. The molecule has 0 radical (unpaired) electrons. The van der Waals surface area contributed by atoms with E-state index in [0.29, 0.717) is 0 Å². The van der Waals surface area contributed by atoms with Crippen molar-refractivity contribution in [3.8, 4) is 0 Å². The highest BCUT2D eigenvalue weighted by Crippen LogP contribution is 2.18. The molecule has 0 fully saturated rings. The van der Waals surface area contributed by atoms with E-state index in [1.165, 1.54) is 22.6 Å². The van der Waals surface area contributed by atoms with Crippen LogP contribution in [0.15, 0.2) is 60.7 Å². The molecule has 0 aromatic heterocycles. The molecule has 0 N–H and O–H groups in total. The van der Waals surface area contributed by atoms with Crippen LogP contribution in [0.1, 0.15) is 11.1 Å². The zero-order valence-corrected chi connectivity index (χ0v) is 12.8. The summed E-state index contributed by atoms with van der Waals surface area (Å²) in [5.41, 5.74) is 2.90. The van der Waals surface area contributed by atoms with E-state index in [1.807, 2.05) is 0 Å². The molecule has 88 valence electrons. The van der Waals surface area contributed by atoms with Crippen LogP contribution in [0.2, 0.25) is 0 Å². The summed E-state index contributed by atoms with van der Waals surface area (Å²) < 4.78 is 0. The van der Waals surface area contributed by atoms with Crippen LogP contribution >= 0.6 is 22.4 Å². The highest BCUT2D eigenvalue weighted by Gasteiger charge is 1.95. The van der Waals surface area contributed by atoms with Crippen molar-refractivity contribution in [2.75, 3.05) is 0 Å². The van der Waals surface area contributed by atoms with E-state index in [0.717, 1.165) is 0 Å². The van der Waals surface area contributed by atoms with E-state index >= 15 is 0 Å². The van der Waals surface area contributed by atoms with Crippen molar-refractivity contribution in [1.29, 1.82) is 0 Å². The maximum Gasteiger partial charge on any atom is 0.147 e. The number of hydrogen-bond acceptors (Lipinski definition) is 2. The lowest BCUT2D eigenvalue weighted by Crippen LogP contribution is -1.85. The van der Waals surface area contributed by atoms with Gasteiger partial charge in [-0.1, -0.05) is 60.7 Å². The van der Waals surface area contributed by atoms with E-state index in [-0.39, 0.29) is 7.82 Å². The van der Waals surface area contributed by atoms with Gasteiger partial charge < -0.3 is 0 Å². The molecule has 2 rings (SSSR count). The Labute approximate surface area is 113 Å². The fourth-order valence-electron chi connectivity index (χ4n) is 1.53. The fourth-order valence-corrected chi connectivity index (χ4v) is 7.50. The van der Waals surface area contributed by atoms with Crippen molar-refractivity contribution in [2.45, 2.75) is 11.5 Å². The minimum atomic E-state index is -0.0430. The predicted octanol–water partition coefficient (Wildman–Crippen LogP) is 3.85. The Hall–Kier alpha value is -0.643. The molecule has 0 spiro atoms. The van der Waals surface area contributed by atoms with Crippen LogP contribution in [0.3, 0.4) is 0 Å². The topological polar surface area (TPSA) is 0 Å². The summed E-state index contributed by atoms with van der Waals surface area (Å²) in [5.74, 6) is 2.35. The molecule has 2 aromatic rings. The highest BCUT2D eigenvalue weighted by molar-refractivity contribution is 8.50. The molecule has 0 saturated carbocycles. The Balaban J connectivity index is 1.61. The van der Waals surface area contributed by atoms with Gasteiger partial charge in [-0.05, 0) is 11.1 Å². The van der Waals surface area contributed by atoms with Gasteiger partial charge in [0.25, 0.3) is 0 Å². The predicted molar refractivity (Wildman–Crippen MR) is 84.0 cm³/mol. The van der Waals surface area contributed by atoms with Crippen LogP contribution in [0, 0.1) is 0 Å². The van der Waals surface area contributed by atoms with Gasteiger partial charge in [-0.15, -0.1) is 0 Å². The van der Waals surface area contributed by atoms with Gasteiger partial charge >= 0.3 is 0 Å². The molecular formula is C14H16S2Si. The summed E-state index contributed by atoms with van der Waals surface area (Å²) in [5, 5.41) is 0. The van der Waals surface area contributed by atoms with Gasteiger partial charge in [0.05, 0.1) is 0 Å². The van der Waals surface area contributed by atoms with Crippen LogP contribution in [0.25, 0.3) is 0 Å². The van der Waals surface area contributed by atoms with Crippen molar-refractivity contribution in [1.82, 2.24) is 0 Å². The molecule has 0 aliphatic heterocycles. The van der Waals surface area contributed by atoms with Gasteiger partial charge in [0, 0.05) is 11.5 Å². The molecule has 0 bridgehead atoms. The molecule has 17 heavy (non-hydrogen) atoms. The van der Waals surface area contributed by atoms with E-state index < -0.39 is 0 Å². The van der Waals surface area contributed by atoms with E-state index in [2.05, 4.69) is 83.1 Å². The third-order valence-electron chi connectivity index (χ3n) is 2.39. The molecule has 2 aromatic carbocycles. The van der Waals surface area contributed by atoms with Crippen molar-refractivity contribution in [3.63, 3.8) is 0 Å². The summed E-state index contributed by atoms with van der Waals surface area (Å²) in [6.07, 6.45) is 0. The second-order valence-electron chi connectivity index (χ2n) is 3.79. The zero-order chi connectivity index (χ0) is 11.8. The molecule has 0 nitrogen and oxygen atoms in total. The van der Waals surface area contributed by atoms with Crippen LogP contribution in [-0.4, -0.2) is 7.82 Å². The Kier molecular flexibility index (Phi) is 5.75. The van der Waals surface area contributed by atoms with Gasteiger partial charge in [-0.3, -0.25) is 0 Å². The van der Waals surface area contributed by atoms with Crippen LogP contribution in [0.4, 0.5) is 0 Å². The SMILES string of the molecule is c1ccc(CS[SiH2]SCc2ccccc2)cc1. The van der Waals surface area contributed by atoms with Gasteiger partial charge in [-0.25, -0.2) is 0 Å². The molecule has 3 heteroatoms. The minimum absolute atomic E-state index is 0.0430. The van der Waals surface area contributed by atoms with Gasteiger partial charge in [-0.2, -0.15) is 22.4 Å². The van der Waals surface area contributed by atoms with E-state index in [4.69, 9.17) is 0 Å². The summed E-state index contributed by atoms with van der Waals surface area (Å²) in [6, 6.07) is 21.5. The highest BCUT2D eigenvalue weighted by atomic mass is 32.6. The second-order valence-corrected chi connectivity index (χ2v) is 10.7. The number of hydrogen-bond donors (Lipinski definition) is 0. The quantitative estimate of drug-likeness (QED) is 0.580.